The minimum atomic E-state index is -0.0150. The van der Waals surface area contributed by atoms with Crippen LogP contribution in [0.4, 0.5) is 0 Å². The fraction of sp³-hybridized carbons (Fsp3) is 0.650. The maximum atomic E-state index is 5.63. The van der Waals surface area contributed by atoms with Gasteiger partial charge in [-0.25, -0.2) is 0 Å². The van der Waals surface area contributed by atoms with Gasteiger partial charge in [-0.3, -0.25) is 4.99 Å². The number of hydrogen-bond acceptors (Lipinski definition) is 3. The number of rotatable bonds is 8. The number of benzene rings is 1. The molecule has 0 bridgehead atoms. The molecule has 1 atom stereocenters. The van der Waals surface area contributed by atoms with Crippen molar-refractivity contribution >= 4 is 29.9 Å². The molecule has 1 aromatic carbocycles. The lowest BCUT2D eigenvalue weighted by atomic mass is 9.96. The summed E-state index contributed by atoms with van der Waals surface area (Å²) >= 11 is 0. The molecule has 1 aliphatic rings. The van der Waals surface area contributed by atoms with Crippen molar-refractivity contribution in [2.45, 2.75) is 32.3 Å². The van der Waals surface area contributed by atoms with E-state index in [-0.39, 0.29) is 30.1 Å². The predicted octanol–water partition coefficient (Wildman–Crippen LogP) is 3.71. The lowest BCUT2D eigenvalue weighted by molar-refractivity contribution is 0.0625. The Kier molecular flexibility index (Phi) is 11.9. The monoisotopic (exact) mass is 475 g/mol. The van der Waals surface area contributed by atoms with Gasteiger partial charge in [-0.1, -0.05) is 30.3 Å². The van der Waals surface area contributed by atoms with E-state index in [9.17, 15) is 0 Å². The second-order valence-corrected chi connectivity index (χ2v) is 6.60. The summed E-state index contributed by atoms with van der Waals surface area (Å²) < 4.78 is 11.1. The molecule has 26 heavy (non-hydrogen) atoms. The summed E-state index contributed by atoms with van der Waals surface area (Å²) in [6, 6.07) is 10.3. The Morgan fingerprint density at radius 2 is 2.00 bits per heavy atom. The number of guanidine groups is 1. The zero-order chi connectivity index (χ0) is 17.9. The number of methoxy groups -OCH3 is 1. The van der Waals surface area contributed by atoms with Crippen LogP contribution < -0.4 is 5.32 Å². The highest BCUT2D eigenvalue weighted by atomic mass is 127. The number of hydrogen-bond donors (Lipinski definition) is 1. The topological polar surface area (TPSA) is 46.1 Å². The van der Waals surface area contributed by atoms with E-state index in [1.807, 2.05) is 18.2 Å². The van der Waals surface area contributed by atoms with Crippen LogP contribution in [0.1, 0.15) is 37.9 Å². The molecule has 5 nitrogen and oxygen atoms in total. The molecule has 0 aromatic heterocycles. The number of nitrogens with one attached hydrogen (secondary N) is 1. The van der Waals surface area contributed by atoms with Crippen LogP contribution in [0.3, 0.4) is 0 Å². The summed E-state index contributed by atoms with van der Waals surface area (Å²) in [5.41, 5.74) is 1.16. The molecule has 0 saturated carbocycles. The van der Waals surface area contributed by atoms with Gasteiger partial charge in [0.15, 0.2) is 5.96 Å². The number of nitrogens with zero attached hydrogens (tertiary/aromatic N) is 2. The van der Waals surface area contributed by atoms with Crippen molar-refractivity contribution in [2.75, 3.05) is 47.0 Å². The molecule has 0 radical (unpaired) electrons. The van der Waals surface area contributed by atoms with Crippen molar-refractivity contribution in [3.05, 3.63) is 35.9 Å². The van der Waals surface area contributed by atoms with Gasteiger partial charge >= 0.3 is 0 Å². The lowest BCUT2D eigenvalue weighted by Gasteiger charge is -2.27. The lowest BCUT2D eigenvalue weighted by Crippen LogP contribution is -2.40. The third-order valence-electron chi connectivity index (χ3n) is 4.77. The zero-order valence-corrected chi connectivity index (χ0v) is 18.6. The third kappa shape index (κ3) is 7.80. The first kappa shape index (κ1) is 23.2. The Hall–Kier alpha value is -0.860. The Morgan fingerprint density at radius 1 is 1.31 bits per heavy atom. The van der Waals surface area contributed by atoms with Gasteiger partial charge in [0, 0.05) is 40.5 Å². The van der Waals surface area contributed by atoms with Crippen LogP contribution >= 0.6 is 24.0 Å². The SMILES string of the molecule is CCNC(=NCC(OC)c1ccccc1)N(C)CCC1CCOCC1.I. The van der Waals surface area contributed by atoms with E-state index in [2.05, 4.69) is 36.3 Å². The van der Waals surface area contributed by atoms with Crippen molar-refractivity contribution in [3.63, 3.8) is 0 Å². The normalized spacial score (nSPS) is 16.7. The molecule has 148 valence electrons. The van der Waals surface area contributed by atoms with Crippen LogP contribution in [0.5, 0.6) is 0 Å². The molecule has 1 fully saturated rings. The van der Waals surface area contributed by atoms with Crippen LogP contribution in [0.15, 0.2) is 35.3 Å². The van der Waals surface area contributed by atoms with E-state index < -0.39 is 0 Å². The Bertz CT molecular complexity index is 507. The molecule has 6 heteroatoms. The highest BCUT2D eigenvalue weighted by molar-refractivity contribution is 14.0. The maximum absolute atomic E-state index is 5.63. The molecule has 1 N–H and O–H groups in total. The summed E-state index contributed by atoms with van der Waals surface area (Å²) in [7, 11) is 3.86. The van der Waals surface area contributed by atoms with Gasteiger partial charge < -0.3 is 19.7 Å². The molecule has 0 spiro atoms. The number of aliphatic imine (C=N–C) groups is 1. The highest BCUT2D eigenvalue weighted by Crippen LogP contribution is 2.19. The minimum Gasteiger partial charge on any atom is -0.381 e. The van der Waals surface area contributed by atoms with E-state index in [0.29, 0.717) is 6.54 Å². The molecule has 0 amide bonds. The molecular weight excluding hydrogens is 441 g/mol. The average molecular weight is 475 g/mol. The van der Waals surface area contributed by atoms with Gasteiger partial charge in [0.05, 0.1) is 6.54 Å². The van der Waals surface area contributed by atoms with Gasteiger partial charge in [0.1, 0.15) is 6.10 Å². The highest BCUT2D eigenvalue weighted by Gasteiger charge is 2.16. The Morgan fingerprint density at radius 3 is 2.62 bits per heavy atom. The van der Waals surface area contributed by atoms with Gasteiger partial charge in [-0.15, -0.1) is 24.0 Å². The van der Waals surface area contributed by atoms with E-state index in [0.717, 1.165) is 43.7 Å². The molecule has 2 rings (SSSR count). The van der Waals surface area contributed by atoms with Crippen molar-refractivity contribution in [1.82, 2.24) is 10.2 Å². The molecule has 0 aliphatic carbocycles. The van der Waals surface area contributed by atoms with Crippen LogP contribution in [-0.2, 0) is 9.47 Å². The first-order valence-corrected chi connectivity index (χ1v) is 9.39. The van der Waals surface area contributed by atoms with Crippen LogP contribution in [-0.4, -0.2) is 57.9 Å². The van der Waals surface area contributed by atoms with E-state index in [4.69, 9.17) is 14.5 Å². The predicted molar refractivity (Wildman–Crippen MR) is 118 cm³/mol. The summed E-state index contributed by atoms with van der Waals surface area (Å²) in [6.45, 7) is 6.42. The summed E-state index contributed by atoms with van der Waals surface area (Å²) in [5.74, 6) is 1.72. The summed E-state index contributed by atoms with van der Waals surface area (Å²) in [6.07, 6.45) is 3.54. The van der Waals surface area contributed by atoms with Gasteiger partial charge in [0.25, 0.3) is 0 Å². The standard InChI is InChI=1S/C20H33N3O2.HI/c1-4-21-20(23(2)13-10-17-11-14-25-15-12-17)22-16-19(24-3)18-8-6-5-7-9-18;/h5-9,17,19H,4,10-16H2,1-3H3,(H,21,22);1H. The smallest absolute Gasteiger partial charge is 0.193 e. The fourth-order valence-electron chi connectivity index (χ4n) is 3.14. The van der Waals surface area contributed by atoms with Crippen molar-refractivity contribution < 1.29 is 9.47 Å². The number of ether oxygens (including phenoxy) is 2. The molecule has 1 aromatic rings. The Labute approximate surface area is 175 Å². The molecular formula is C20H34IN3O2. The van der Waals surface area contributed by atoms with Crippen LogP contribution in [0, 0.1) is 5.92 Å². The zero-order valence-electron chi connectivity index (χ0n) is 16.3. The fourth-order valence-corrected chi connectivity index (χ4v) is 3.14. The van der Waals surface area contributed by atoms with Crippen LogP contribution in [0.2, 0.25) is 0 Å². The van der Waals surface area contributed by atoms with Gasteiger partial charge in [-0.2, -0.15) is 0 Å². The number of halogens is 1. The van der Waals surface area contributed by atoms with E-state index >= 15 is 0 Å². The summed E-state index contributed by atoms with van der Waals surface area (Å²) in [5, 5.41) is 3.40. The first-order valence-electron chi connectivity index (χ1n) is 9.39. The molecule has 1 unspecified atom stereocenters. The van der Waals surface area contributed by atoms with Crippen molar-refractivity contribution in [3.8, 4) is 0 Å². The second-order valence-electron chi connectivity index (χ2n) is 6.60. The average Bonchev–Trinajstić information content (AvgIpc) is 2.67. The quantitative estimate of drug-likeness (QED) is 0.354. The molecule has 1 aliphatic heterocycles. The summed E-state index contributed by atoms with van der Waals surface area (Å²) in [4.78, 5) is 7.04. The van der Waals surface area contributed by atoms with Crippen molar-refractivity contribution in [1.29, 1.82) is 0 Å². The molecule has 1 heterocycles. The van der Waals surface area contributed by atoms with E-state index in [1.165, 1.54) is 19.3 Å². The van der Waals surface area contributed by atoms with E-state index in [1.54, 1.807) is 7.11 Å². The largest absolute Gasteiger partial charge is 0.381 e. The first-order chi connectivity index (χ1) is 12.2. The third-order valence-corrected chi connectivity index (χ3v) is 4.77. The second kappa shape index (κ2) is 13.3. The van der Waals surface area contributed by atoms with Crippen LogP contribution in [0.25, 0.3) is 0 Å². The minimum absolute atomic E-state index is 0. The van der Waals surface area contributed by atoms with Gasteiger partial charge in [-0.05, 0) is 37.7 Å². The van der Waals surface area contributed by atoms with Crippen molar-refractivity contribution in [2.24, 2.45) is 10.9 Å². The Balaban J connectivity index is 0.00000338. The maximum Gasteiger partial charge on any atom is 0.193 e. The van der Waals surface area contributed by atoms with Gasteiger partial charge in [0.2, 0.25) is 0 Å². The molecule has 1 saturated heterocycles.